The molecule has 1 saturated heterocycles. The van der Waals surface area contributed by atoms with Crippen LogP contribution in [0.15, 0.2) is 6.07 Å². The van der Waals surface area contributed by atoms with Gasteiger partial charge in [0.05, 0.1) is 0 Å². The third-order valence-electron chi connectivity index (χ3n) is 5.16. The van der Waals surface area contributed by atoms with Crippen LogP contribution in [0.1, 0.15) is 50.5 Å². The van der Waals surface area contributed by atoms with Gasteiger partial charge in [-0.15, -0.1) is 0 Å². The molecule has 0 radical (unpaired) electrons. The van der Waals surface area contributed by atoms with Crippen molar-refractivity contribution in [3.8, 4) is 11.5 Å². The van der Waals surface area contributed by atoms with Crippen molar-refractivity contribution in [1.82, 2.24) is 0 Å². The maximum atomic E-state index is 11.9. The molecule has 2 N–H and O–H groups in total. The van der Waals surface area contributed by atoms with E-state index in [1.54, 1.807) is 13.8 Å². The Hall–Kier alpha value is -3.34. The first kappa shape index (κ1) is 25.9. The first-order valence-electron chi connectivity index (χ1n) is 10.2. The number of esters is 4. The molecule has 0 amide bonds. The molecule has 1 heterocycles. The quantitative estimate of drug-likeness (QED) is 0.354. The average Bonchev–Trinajstić information content (AvgIpc) is 2.70. The molecule has 0 spiro atoms. The van der Waals surface area contributed by atoms with Gasteiger partial charge in [-0.3, -0.25) is 19.2 Å². The van der Waals surface area contributed by atoms with E-state index in [1.807, 2.05) is 0 Å². The van der Waals surface area contributed by atoms with Crippen molar-refractivity contribution >= 4 is 23.9 Å². The Morgan fingerprint density at radius 2 is 1.33 bits per heavy atom. The van der Waals surface area contributed by atoms with Gasteiger partial charge in [0.25, 0.3) is 0 Å². The summed E-state index contributed by atoms with van der Waals surface area (Å²) < 4.78 is 27.1. The van der Waals surface area contributed by atoms with Crippen LogP contribution < -0.4 is 0 Å². The number of ether oxygens (including phenoxy) is 5. The van der Waals surface area contributed by atoms with Crippen molar-refractivity contribution in [2.24, 2.45) is 0 Å². The maximum absolute atomic E-state index is 11.9. The molecular weight excluding hydrogens is 440 g/mol. The average molecular weight is 468 g/mol. The normalized spacial score (nSPS) is 24.5. The number of rotatable bonds is 6. The molecule has 0 saturated carbocycles. The molecule has 11 heteroatoms. The van der Waals surface area contributed by atoms with Gasteiger partial charge in [-0.25, -0.2) is 0 Å². The highest BCUT2D eigenvalue weighted by Crippen LogP contribution is 2.44. The maximum Gasteiger partial charge on any atom is 0.303 e. The Morgan fingerprint density at radius 1 is 0.818 bits per heavy atom. The van der Waals surface area contributed by atoms with Gasteiger partial charge in [0.15, 0.2) is 18.3 Å². The second-order valence-corrected chi connectivity index (χ2v) is 7.70. The summed E-state index contributed by atoms with van der Waals surface area (Å²) in [5.74, 6) is -3.33. The van der Waals surface area contributed by atoms with Crippen LogP contribution in [-0.4, -0.2) is 65.1 Å². The molecule has 1 aliphatic heterocycles. The summed E-state index contributed by atoms with van der Waals surface area (Å²) in [5, 5.41) is 21.1. The number of benzene rings is 1. The third kappa shape index (κ3) is 6.13. The van der Waals surface area contributed by atoms with Crippen LogP contribution in [0.5, 0.6) is 11.5 Å². The number of phenolic OH excluding ortho intramolecular Hbond substituents is 2. The molecule has 0 aliphatic carbocycles. The fourth-order valence-electron chi connectivity index (χ4n) is 3.61. The standard InChI is InChI=1S/C22H28O11/c1-9-10(2)18(28)15(7-16(9)27)19-21(31-13(5)25)22(32-14(6)26)20(30-12(4)24)17(33-19)8-29-11(3)23/h7,17,19-22,27-28H,8H2,1-6H3/t17-,19+,20-,21+,22+/m1/s1. The molecule has 33 heavy (non-hydrogen) atoms. The SMILES string of the molecule is CC(=O)OC[C@H]1O[C@@H](c2cc(O)c(C)c(C)c2O)[C@H](OC(C)=O)[C@@H](OC(C)=O)[C@@H]1OC(C)=O. The molecule has 1 fully saturated rings. The minimum Gasteiger partial charge on any atom is -0.508 e. The largest absolute Gasteiger partial charge is 0.508 e. The fraction of sp³-hybridized carbons (Fsp3) is 0.545. The molecule has 1 aromatic rings. The molecule has 0 aromatic heterocycles. The Balaban J connectivity index is 2.67. The van der Waals surface area contributed by atoms with Gasteiger partial charge in [-0.05, 0) is 31.0 Å². The summed E-state index contributed by atoms with van der Waals surface area (Å²) in [4.78, 5) is 47.0. The van der Waals surface area contributed by atoms with Crippen molar-refractivity contribution in [2.45, 2.75) is 72.1 Å². The van der Waals surface area contributed by atoms with Gasteiger partial charge in [-0.2, -0.15) is 0 Å². The Morgan fingerprint density at radius 3 is 1.85 bits per heavy atom. The molecule has 5 atom stereocenters. The Labute approximate surface area is 190 Å². The fourth-order valence-corrected chi connectivity index (χ4v) is 3.61. The van der Waals surface area contributed by atoms with Gasteiger partial charge in [0, 0.05) is 33.3 Å². The van der Waals surface area contributed by atoms with Crippen molar-refractivity contribution in [2.75, 3.05) is 6.61 Å². The summed E-state index contributed by atoms with van der Waals surface area (Å²) in [5.41, 5.74) is 0.799. The van der Waals surface area contributed by atoms with Crippen LogP contribution in [0, 0.1) is 13.8 Å². The monoisotopic (exact) mass is 468 g/mol. The number of aromatic hydroxyl groups is 2. The molecule has 11 nitrogen and oxygen atoms in total. The van der Waals surface area contributed by atoms with Crippen LogP contribution in [-0.2, 0) is 42.9 Å². The van der Waals surface area contributed by atoms with E-state index >= 15 is 0 Å². The van der Waals surface area contributed by atoms with Gasteiger partial charge >= 0.3 is 23.9 Å². The highest BCUT2D eigenvalue weighted by Gasteiger charge is 2.53. The van der Waals surface area contributed by atoms with E-state index in [-0.39, 0.29) is 17.1 Å². The first-order valence-corrected chi connectivity index (χ1v) is 10.2. The summed E-state index contributed by atoms with van der Waals surface area (Å²) in [6.07, 6.45) is -6.51. The van der Waals surface area contributed by atoms with E-state index in [4.69, 9.17) is 23.7 Å². The van der Waals surface area contributed by atoms with Gasteiger partial charge in [0.1, 0.15) is 30.3 Å². The van der Waals surface area contributed by atoms with Crippen molar-refractivity contribution in [3.63, 3.8) is 0 Å². The Kier molecular flexibility index (Phi) is 8.26. The highest BCUT2D eigenvalue weighted by atomic mass is 16.7. The van der Waals surface area contributed by atoms with E-state index in [9.17, 15) is 29.4 Å². The number of phenols is 2. The minimum absolute atomic E-state index is 0.0353. The van der Waals surface area contributed by atoms with E-state index in [0.29, 0.717) is 11.1 Å². The van der Waals surface area contributed by atoms with E-state index < -0.39 is 61.0 Å². The minimum atomic E-state index is -1.38. The number of carbonyl (C=O) groups excluding carboxylic acids is 4. The van der Waals surface area contributed by atoms with E-state index in [1.165, 1.54) is 13.0 Å². The van der Waals surface area contributed by atoms with E-state index in [2.05, 4.69) is 0 Å². The van der Waals surface area contributed by atoms with Crippen LogP contribution in [0.25, 0.3) is 0 Å². The molecule has 0 bridgehead atoms. The highest BCUT2D eigenvalue weighted by molar-refractivity contribution is 5.69. The van der Waals surface area contributed by atoms with Gasteiger partial charge in [-0.1, -0.05) is 0 Å². The summed E-state index contributed by atoms with van der Waals surface area (Å²) in [7, 11) is 0. The lowest BCUT2D eigenvalue weighted by Gasteiger charge is -2.44. The van der Waals surface area contributed by atoms with E-state index in [0.717, 1.165) is 20.8 Å². The zero-order chi connectivity index (χ0) is 25.0. The zero-order valence-electron chi connectivity index (χ0n) is 19.2. The lowest BCUT2D eigenvalue weighted by molar-refractivity contribution is -0.254. The summed E-state index contributed by atoms with van der Waals surface area (Å²) >= 11 is 0. The first-order chi connectivity index (χ1) is 15.3. The third-order valence-corrected chi connectivity index (χ3v) is 5.16. The topological polar surface area (TPSA) is 155 Å². The lowest BCUT2D eigenvalue weighted by atomic mass is 9.88. The lowest BCUT2D eigenvalue weighted by Crippen LogP contribution is -2.59. The van der Waals surface area contributed by atoms with Crippen LogP contribution in [0.3, 0.4) is 0 Å². The summed E-state index contributed by atoms with van der Waals surface area (Å²) in [6.45, 7) is 7.28. The molecular formula is C22H28O11. The predicted octanol–water partition coefficient (Wildman–Crippen LogP) is 1.51. The van der Waals surface area contributed by atoms with Crippen molar-refractivity contribution in [3.05, 3.63) is 22.8 Å². The van der Waals surface area contributed by atoms with Gasteiger partial charge in [0.2, 0.25) is 0 Å². The van der Waals surface area contributed by atoms with Gasteiger partial charge < -0.3 is 33.9 Å². The number of hydrogen-bond donors (Lipinski definition) is 2. The number of carbonyl (C=O) groups is 4. The summed E-state index contributed by atoms with van der Waals surface area (Å²) in [6, 6.07) is 1.23. The van der Waals surface area contributed by atoms with Crippen molar-refractivity contribution < 1.29 is 53.1 Å². The molecule has 0 unspecified atom stereocenters. The smallest absolute Gasteiger partial charge is 0.303 e. The zero-order valence-corrected chi connectivity index (χ0v) is 19.2. The van der Waals surface area contributed by atoms with Crippen LogP contribution >= 0.6 is 0 Å². The molecule has 1 aromatic carbocycles. The molecule has 2 rings (SSSR count). The second-order valence-electron chi connectivity index (χ2n) is 7.70. The molecule has 1 aliphatic rings. The molecule has 182 valence electrons. The Bertz CT molecular complexity index is 939. The second kappa shape index (κ2) is 10.5. The van der Waals surface area contributed by atoms with Crippen LogP contribution in [0.2, 0.25) is 0 Å². The van der Waals surface area contributed by atoms with Crippen LogP contribution in [0.4, 0.5) is 0 Å². The predicted molar refractivity (Wildman–Crippen MR) is 110 cm³/mol. The number of hydrogen-bond acceptors (Lipinski definition) is 11. The van der Waals surface area contributed by atoms with Crippen molar-refractivity contribution in [1.29, 1.82) is 0 Å².